The van der Waals surface area contributed by atoms with E-state index >= 15 is 0 Å². The molecule has 0 amide bonds. The van der Waals surface area contributed by atoms with Crippen LogP contribution in [0.25, 0.3) is 0 Å². The number of nitrogens with one attached hydrogen (secondary N) is 1. The average molecular weight is 506 g/mol. The number of thioether (sulfide) groups is 1. The molecular weight excluding hydrogens is 471 g/mol. The van der Waals surface area contributed by atoms with E-state index in [2.05, 4.69) is 71.5 Å². The van der Waals surface area contributed by atoms with E-state index in [1.807, 2.05) is 7.05 Å². The van der Waals surface area contributed by atoms with Crippen LogP contribution >= 0.6 is 35.7 Å². The first-order valence-corrected chi connectivity index (χ1v) is 10.6. The highest BCUT2D eigenvalue weighted by atomic mass is 127. The molecule has 1 N–H and O–H groups in total. The summed E-state index contributed by atoms with van der Waals surface area (Å²) in [6.45, 7) is 10.0. The number of ether oxygens (including phenoxy) is 1. The van der Waals surface area contributed by atoms with Crippen LogP contribution in [0.4, 0.5) is 0 Å². The Labute approximate surface area is 186 Å². The largest absolute Gasteiger partial charge is 0.379 e. The van der Waals surface area contributed by atoms with Crippen molar-refractivity contribution in [3.63, 3.8) is 0 Å². The van der Waals surface area contributed by atoms with Crippen LogP contribution in [-0.2, 0) is 11.3 Å². The molecule has 0 aromatic heterocycles. The van der Waals surface area contributed by atoms with E-state index in [-0.39, 0.29) is 24.0 Å². The molecule has 0 bridgehead atoms. The minimum Gasteiger partial charge on any atom is -0.379 e. The summed E-state index contributed by atoms with van der Waals surface area (Å²) in [5.41, 5.74) is 1.29. The third-order valence-electron chi connectivity index (χ3n) is 4.91. The Kier molecular flexibility index (Phi) is 11.7. The molecule has 1 fully saturated rings. The van der Waals surface area contributed by atoms with Gasteiger partial charge < -0.3 is 15.0 Å². The number of guanidine groups is 1. The Morgan fingerprint density at radius 2 is 1.89 bits per heavy atom. The summed E-state index contributed by atoms with van der Waals surface area (Å²) in [5, 5.41) is 3.58. The first-order valence-electron chi connectivity index (χ1n) is 9.41. The van der Waals surface area contributed by atoms with Crippen LogP contribution in [0.2, 0.25) is 0 Å². The second-order valence-electron chi connectivity index (χ2n) is 7.09. The van der Waals surface area contributed by atoms with Crippen LogP contribution < -0.4 is 5.32 Å². The molecule has 1 atom stereocenters. The monoisotopic (exact) mass is 506 g/mol. The molecule has 1 aliphatic heterocycles. The van der Waals surface area contributed by atoms with Crippen molar-refractivity contribution in [2.24, 2.45) is 10.9 Å². The second kappa shape index (κ2) is 12.9. The molecular formula is C20H35IN4OS. The van der Waals surface area contributed by atoms with Gasteiger partial charge in [-0.2, -0.15) is 0 Å². The maximum absolute atomic E-state index is 5.50. The van der Waals surface area contributed by atoms with Crippen LogP contribution in [0.3, 0.4) is 0 Å². The summed E-state index contributed by atoms with van der Waals surface area (Å²) < 4.78 is 5.50. The number of hydrogen-bond donors (Lipinski definition) is 1. The third-order valence-corrected chi connectivity index (χ3v) is 5.65. The topological polar surface area (TPSA) is 40.1 Å². The van der Waals surface area contributed by atoms with E-state index in [0.717, 1.165) is 45.4 Å². The Morgan fingerprint density at radius 3 is 2.41 bits per heavy atom. The Bertz CT molecular complexity index is 562. The minimum absolute atomic E-state index is 0. The molecule has 2 rings (SSSR count). The highest BCUT2D eigenvalue weighted by Gasteiger charge is 2.24. The molecule has 0 radical (unpaired) electrons. The van der Waals surface area contributed by atoms with Crippen LogP contribution in [0.5, 0.6) is 0 Å². The van der Waals surface area contributed by atoms with E-state index in [1.165, 1.54) is 10.5 Å². The molecule has 1 unspecified atom stereocenters. The minimum atomic E-state index is 0. The van der Waals surface area contributed by atoms with E-state index in [9.17, 15) is 0 Å². The van der Waals surface area contributed by atoms with Gasteiger partial charge in [0, 0.05) is 51.2 Å². The zero-order chi connectivity index (χ0) is 18.9. The average Bonchev–Trinajstić information content (AvgIpc) is 2.66. The van der Waals surface area contributed by atoms with Crippen molar-refractivity contribution in [3.8, 4) is 0 Å². The SMILES string of the molecule is CN=C(NCC(C(C)C)N1CCOCC1)N(C)Cc1ccc(SC)cc1.I. The van der Waals surface area contributed by atoms with E-state index in [4.69, 9.17) is 4.74 Å². The molecule has 1 saturated heterocycles. The van der Waals surface area contributed by atoms with Gasteiger partial charge in [0.05, 0.1) is 13.2 Å². The molecule has 1 aromatic carbocycles. The van der Waals surface area contributed by atoms with Crippen molar-refractivity contribution >= 4 is 41.7 Å². The molecule has 0 spiro atoms. The van der Waals surface area contributed by atoms with Gasteiger partial charge in [0.25, 0.3) is 0 Å². The van der Waals surface area contributed by atoms with Gasteiger partial charge in [-0.15, -0.1) is 35.7 Å². The summed E-state index contributed by atoms with van der Waals surface area (Å²) in [7, 11) is 3.95. The quantitative estimate of drug-likeness (QED) is 0.266. The molecule has 27 heavy (non-hydrogen) atoms. The van der Waals surface area contributed by atoms with Gasteiger partial charge in [-0.05, 0) is 29.9 Å². The highest BCUT2D eigenvalue weighted by molar-refractivity contribution is 14.0. The summed E-state index contributed by atoms with van der Waals surface area (Å²) in [6.07, 6.45) is 2.10. The first-order chi connectivity index (χ1) is 12.5. The van der Waals surface area contributed by atoms with Crippen molar-refractivity contribution in [2.75, 3.05) is 53.2 Å². The van der Waals surface area contributed by atoms with Crippen molar-refractivity contribution in [2.45, 2.75) is 31.3 Å². The fourth-order valence-electron chi connectivity index (χ4n) is 3.36. The summed E-state index contributed by atoms with van der Waals surface area (Å²) in [4.78, 5) is 10.5. The van der Waals surface area contributed by atoms with Gasteiger partial charge in [-0.3, -0.25) is 9.89 Å². The Balaban J connectivity index is 0.00000364. The third kappa shape index (κ3) is 7.79. The Morgan fingerprint density at radius 1 is 1.26 bits per heavy atom. The molecule has 154 valence electrons. The lowest BCUT2D eigenvalue weighted by molar-refractivity contribution is 0.00741. The number of rotatable bonds is 7. The van der Waals surface area contributed by atoms with Crippen molar-refractivity contribution in [3.05, 3.63) is 29.8 Å². The zero-order valence-electron chi connectivity index (χ0n) is 17.3. The lowest BCUT2D eigenvalue weighted by Gasteiger charge is -2.37. The summed E-state index contributed by atoms with van der Waals surface area (Å²) >= 11 is 1.77. The molecule has 5 nitrogen and oxygen atoms in total. The maximum atomic E-state index is 5.50. The normalized spacial score (nSPS) is 16.7. The second-order valence-corrected chi connectivity index (χ2v) is 7.97. The molecule has 1 aliphatic rings. The first kappa shape index (κ1) is 24.5. The van der Waals surface area contributed by atoms with Gasteiger partial charge in [0.1, 0.15) is 0 Å². The predicted molar refractivity (Wildman–Crippen MR) is 127 cm³/mol. The van der Waals surface area contributed by atoms with Gasteiger partial charge >= 0.3 is 0 Å². The smallest absolute Gasteiger partial charge is 0.193 e. The van der Waals surface area contributed by atoms with E-state index < -0.39 is 0 Å². The molecule has 0 saturated carbocycles. The van der Waals surface area contributed by atoms with Gasteiger partial charge in [0.2, 0.25) is 0 Å². The number of aliphatic imine (C=N–C) groups is 1. The van der Waals surface area contributed by atoms with Crippen molar-refractivity contribution in [1.82, 2.24) is 15.1 Å². The van der Waals surface area contributed by atoms with E-state index in [1.54, 1.807) is 11.8 Å². The standard InChI is InChI=1S/C20H34N4OS.HI/c1-16(2)19(24-10-12-25-13-11-24)14-22-20(21-3)23(4)15-17-6-8-18(26-5)9-7-17;/h6-9,16,19H,10-15H2,1-5H3,(H,21,22);1H. The lowest BCUT2D eigenvalue weighted by Crippen LogP contribution is -2.52. The lowest BCUT2D eigenvalue weighted by atomic mass is 10.0. The van der Waals surface area contributed by atoms with Gasteiger partial charge in [0.15, 0.2) is 5.96 Å². The number of nitrogens with zero attached hydrogens (tertiary/aromatic N) is 3. The molecule has 7 heteroatoms. The van der Waals surface area contributed by atoms with Gasteiger partial charge in [-0.1, -0.05) is 26.0 Å². The summed E-state index contributed by atoms with van der Waals surface area (Å²) in [6, 6.07) is 9.24. The van der Waals surface area contributed by atoms with Crippen molar-refractivity contribution in [1.29, 1.82) is 0 Å². The summed E-state index contributed by atoms with van der Waals surface area (Å²) in [5.74, 6) is 1.53. The maximum Gasteiger partial charge on any atom is 0.193 e. The van der Waals surface area contributed by atoms with Crippen LogP contribution in [-0.4, -0.2) is 75.0 Å². The number of hydrogen-bond acceptors (Lipinski definition) is 4. The van der Waals surface area contributed by atoms with E-state index in [0.29, 0.717) is 12.0 Å². The van der Waals surface area contributed by atoms with Crippen molar-refractivity contribution < 1.29 is 4.74 Å². The predicted octanol–water partition coefficient (Wildman–Crippen LogP) is 3.39. The highest BCUT2D eigenvalue weighted by Crippen LogP contribution is 2.16. The van der Waals surface area contributed by atoms with Crippen LogP contribution in [0, 0.1) is 5.92 Å². The number of benzene rings is 1. The van der Waals surface area contributed by atoms with Crippen LogP contribution in [0.1, 0.15) is 19.4 Å². The van der Waals surface area contributed by atoms with Crippen LogP contribution in [0.15, 0.2) is 34.2 Å². The number of morpholine rings is 1. The fraction of sp³-hybridized carbons (Fsp3) is 0.650. The van der Waals surface area contributed by atoms with Gasteiger partial charge in [-0.25, -0.2) is 0 Å². The fourth-order valence-corrected chi connectivity index (χ4v) is 3.76. The number of halogens is 1. The molecule has 0 aliphatic carbocycles. The Hall–Kier alpha value is -0.510. The molecule has 1 aromatic rings. The molecule has 1 heterocycles. The zero-order valence-corrected chi connectivity index (χ0v) is 20.4.